The van der Waals surface area contributed by atoms with Crippen LogP contribution in [0.15, 0.2) is 0 Å². The summed E-state index contributed by atoms with van der Waals surface area (Å²) in [5.74, 6) is 1.50. The maximum absolute atomic E-state index is 6.02. The van der Waals surface area contributed by atoms with Crippen molar-refractivity contribution in [2.24, 2.45) is 11.3 Å². The fourth-order valence-electron chi connectivity index (χ4n) is 1.47. The van der Waals surface area contributed by atoms with Crippen molar-refractivity contribution in [2.75, 3.05) is 5.88 Å². The van der Waals surface area contributed by atoms with Gasteiger partial charge in [-0.2, -0.15) is 0 Å². The third-order valence-electron chi connectivity index (χ3n) is 3.30. The van der Waals surface area contributed by atoms with Crippen molar-refractivity contribution in [3.05, 3.63) is 0 Å². The molecular formula is C12H25Cl. The van der Waals surface area contributed by atoms with Gasteiger partial charge in [-0.15, -0.1) is 11.6 Å². The number of halogens is 1. The van der Waals surface area contributed by atoms with Gasteiger partial charge in [-0.25, -0.2) is 0 Å². The van der Waals surface area contributed by atoms with Gasteiger partial charge in [0.2, 0.25) is 0 Å². The first-order valence-corrected chi connectivity index (χ1v) is 6.16. The van der Waals surface area contributed by atoms with Gasteiger partial charge in [-0.3, -0.25) is 0 Å². The van der Waals surface area contributed by atoms with E-state index >= 15 is 0 Å². The predicted molar refractivity (Wildman–Crippen MR) is 62.4 cm³/mol. The van der Waals surface area contributed by atoms with E-state index in [2.05, 4.69) is 27.7 Å². The van der Waals surface area contributed by atoms with Gasteiger partial charge >= 0.3 is 0 Å². The number of hydrogen-bond acceptors (Lipinski definition) is 0. The molecule has 1 atom stereocenters. The summed E-state index contributed by atoms with van der Waals surface area (Å²) >= 11 is 6.02. The van der Waals surface area contributed by atoms with E-state index in [4.69, 9.17) is 11.6 Å². The second kappa shape index (κ2) is 6.70. The van der Waals surface area contributed by atoms with E-state index in [1.165, 1.54) is 32.1 Å². The summed E-state index contributed by atoms with van der Waals surface area (Å²) in [5, 5.41) is 0. The topological polar surface area (TPSA) is 0 Å². The van der Waals surface area contributed by atoms with Crippen molar-refractivity contribution in [1.29, 1.82) is 0 Å². The highest BCUT2D eigenvalue weighted by Gasteiger charge is 2.26. The summed E-state index contributed by atoms with van der Waals surface area (Å²) in [6.07, 6.45) is 6.69. The van der Waals surface area contributed by atoms with Crippen LogP contribution in [0.2, 0.25) is 0 Å². The molecule has 1 unspecified atom stereocenters. The van der Waals surface area contributed by atoms with Gasteiger partial charge in [0.15, 0.2) is 0 Å². The maximum atomic E-state index is 6.02. The molecular weight excluding hydrogens is 180 g/mol. The van der Waals surface area contributed by atoms with Gasteiger partial charge < -0.3 is 0 Å². The molecule has 0 radical (unpaired) electrons. The Kier molecular flexibility index (Phi) is 6.85. The Labute approximate surface area is 89.1 Å². The fourth-order valence-corrected chi connectivity index (χ4v) is 1.91. The molecule has 0 bridgehead atoms. The minimum atomic E-state index is 0.356. The largest absolute Gasteiger partial charge is 0.126 e. The van der Waals surface area contributed by atoms with E-state index in [-0.39, 0.29) is 0 Å². The summed E-state index contributed by atoms with van der Waals surface area (Å²) < 4.78 is 0. The molecule has 0 aromatic rings. The molecule has 0 fully saturated rings. The van der Waals surface area contributed by atoms with Gasteiger partial charge in [-0.05, 0) is 17.8 Å². The second-order valence-corrected chi connectivity index (χ2v) is 5.02. The van der Waals surface area contributed by atoms with Crippen LogP contribution in [0.3, 0.4) is 0 Å². The van der Waals surface area contributed by atoms with Crippen molar-refractivity contribution in [3.63, 3.8) is 0 Å². The Morgan fingerprint density at radius 1 is 1.15 bits per heavy atom. The quantitative estimate of drug-likeness (QED) is 0.411. The predicted octanol–water partition coefficient (Wildman–Crippen LogP) is 4.86. The van der Waals surface area contributed by atoms with Gasteiger partial charge in [0.05, 0.1) is 0 Å². The average Bonchev–Trinajstić information content (AvgIpc) is 2.12. The third kappa shape index (κ3) is 4.90. The molecule has 1 heteroatoms. The van der Waals surface area contributed by atoms with E-state index in [0.717, 1.165) is 5.88 Å². The number of rotatable bonds is 7. The first-order valence-electron chi connectivity index (χ1n) is 5.62. The zero-order valence-electron chi connectivity index (χ0n) is 9.70. The van der Waals surface area contributed by atoms with Gasteiger partial charge in [0.1, 0.15) is 0 Å². The SMILES string of the molecule is CCCCCCC(C)(CCl)C(C)C. The van der Waals surface area contributed by atoms with Crippen molar-refractivity contribution in [1.82, 2.24) is 0 Å². The van der Waals surface area contributed by atoms with Crippen LogP contribution in [0.4, 0.5) is 0 Å². The molecule has 0 rings (SSSR count). The molecule has 0 spiro atoms. The highest BCUT2D eigenvalue weighted by atomic mass is 35.5. The molecule has 0 aliphatic carbocycles. The van der Waals surface area contributed by atoms with E-state index in [0.29, 0.717) is 11.3 Å². The first-order chi connectivity index (χ1) is 6.06. The Bertz CT molecular complexity index is 120. The molecule has 0 aromatic carbocycles. The Morgan fingerprint density at radius 3 is 2.15 bits per heavy atom. The van der Waals surface area contributed by atoms with Crippen LogP contribution >= 0.6 is 11.6 Å². The fraction of sp³-hybridized carbons (Fsp3) is 1.00. The summed E-state index contributed by atoms with van der Waals surface area (Å²) in [4.78, 5) is 0. The van der Waals surface area contributed by atoms with Gasteiger partial charge in [-0.1, -0.05) is 53.4 Å². The summed E-state index contributed by atoms with van der Waals surface area (Å²) in [7, 11) is 0. The van der Waals surface area contributed by atoms with E-state index in [1.54, 1.807) is 0 Å². The molecule has 80 valence electrons. The van der Waals surface area contributed by atoms with Crippen LogP contribution < -0.4 is 0 Å². The Balaban J connectivity index is 3.71. The molecule has 0 N–H and O–H groups in total. The molecule has 0 aliphatic heterocycles. The number of unbranched alkanes of at least 4 members (excludes halogenated alkanes) is 3. The lowest BCUT2D eigenvalue weighted by Crippen LogP contribution is -2.25. The normalized spacial score (nSPS) is 16.2. The smallest absolute Gasteiger partial charge is 0.0279 e. The monoisotopic (exact) mass is 204 g/mol. The third-order valence-corrected chi connectivity index (χ3v) is 3.91. The van der Waals surface area contributed by atoms with Gasteiger partial charge in [0, 0.05) is 5.88 Å². The zero-order chi connectivity index (χ0) is 10.3. The molecule has 13 heavy (non-hydrogen) atoms. The summed E-state index contributed by atoms with van der Waals surface area (Å²) in [6, 6.07) is 0. The zero-order valence-corrected chi connectivity index (χ0v) is 10.5. The van der Waals surface area contributed by atoms with Crippen molar-refractivity contribution < 1.29 is 0 Å². The van der Waals surface area contributed by atoms with Crippen molar-refractivity contribution in [3.8, 4) is 0 Å². The molecule has 0 saturated carbocycles. The van der Waals surface area contributed by atoms with Crippen molar-refractivity contribution >= 4 is 11.6 Å². The van der Waals surface area contributed by atoms with E-state index in [1.807, 2.05) is 0 Å². The minimum Gasteiger partial charge on any atom is -0.126 e. The first kappa shape index (κ1) is 13.3. The Morgan fingerprint density at radius 2 is 1.77 bits per heavy atom. The molecule has 0 aliphatic rings. The lowest BCUT2D eigenvalue weighted by molar-refractivity contribution is 0.226. The molecule has 0 aromatic heterocycles. The van der Waals surface area contributed by atoms with Crippen LogP contribution in [0.5, 0.6) is 0 Å². The average molecular weight is 205 g/mol. The summed E-state index contributed by atoms with van der Waals surface area (Å²) in [6.45, 7) is 9.13. The van der Waals surface area contributed by atoms with E-state index in [9.17, 15) is 0 Å². The standard InChI is InChI=1S/C12H25Cl/c1-5-6-7-8-9-12(4,10-13)11(2)3/h11H,5-10H2,1-4H3. The lowest BCUT2D eigenvalue weighted by atomic mass is 9.77. The van der Waals surface area contributed by atoms with Crippen LogP contribution in [0.25, 0.3) is 0 Å². The highest BCUT2D eigenvalue weighted by Crippen LogP contribution is 2.34. The lowest BCUT2D eigenvalue weighted by Gasteiger charge is -2.31. The molecule has 0 saturated heterocycles. The van der Waals surface area contributed by atoms with Crippen LogP contribution in [0, 0.1) is 11.3 Å². The van der Waals surface area contributed by atoms with Crippen LogP contribution in [0.1, 0.15) is 59.8 Å². The minimum absolute atomic E-state index is 0.356. The number of alkyl halides is 1. The van der Waals surface area contributed by atoms with Crippen molar-refractivity contribution in [2.45, 2.75) is 59.8 Å². The number of hydrogen-bond donors (Lipinski definition) is 0. The van der Waals surface area contributed by atoms with Crippen LogP contribution in [-0.4, -0.2) is 5.88 Å². The molecule has 0 amide bonds. The maximum Gasteiger partial charge on any atom is 0.0279 e. The van der Waals surface area contributed by atoms with Crippen LogP contribution in [-0.2, 0) is 0 Å². The molecule has 0 heterocycles. The van der Waals surface area contributed by atoms with Gasteiger partial charge in [0.25, 0.3) is 0 Å². The van der Waals surface area contributed by atoms with E-state index < -0.39 is 0 Å². The molecule has 0 nitrogen and oxygen atoms in total. The summed E-state index contributed by atoms with van der Waals surface area (Å²) in [5.41, 5.74) is 0.356. The second-order valence-electron chi connectivity index (χ2n) is 4.75. The Hall–Kier alpha value is 0.290. The highest BCUT2D eigenvalue weighted by molar-refractivity contribution is 6.18.